The van der Waals surface area contributed by atoms with Crippen LogP contribution in [0.3, 0.4) is 0 Å². The molecule has 1 aliphatic heterocycles. The first-order valence-electron chi connectivity index (χ1n) is 12.3. The lowest BCUT2D eigenvalue weighted by molar-refractivity contribution is 0.0287. The molecule has 0 bridgehead atoms. The molecule has 1 saturated heterocycles. The van der Waals surface area contributed by atoms with Crippen LogP contribution in [0.4, 0.5) is 21.4 Å². The van der Waals surface area contributed by atoms with Crippen molar-refractivity contribution in [1.29, 1.82) is 0 Å². The first-order valence-corrected chi connectivity index (χ1v) is 12.3. The van der Waals surface area contributed by atoms with Crippen molar-refractivity contribution in [2.45, 2.75) is 65.2 Å². The number of benzene rings is 1. The molecule has 1 aromatic carbocycles. The van der Waals surface area contributed by atoms with Crippen molar-refractivity contribution in [3.63, 3.8) is 0 Å². The molecule has 1 unspecified atom stereocenters. The molecule has 2 aromatic heterocycles. The number of anilines is 2. The second kappa shape index (κ2) is 9.53. The normalized spacial score (nSPS) is 16.2. The van der Waals surface area contributed by atoms with Crippen LogP contribution in [0.25, 0.3) is 22.2 Å². The van der Waals surface area contributed by atoms with Crippen LogP contribution in [0.1, 0.15) is 48.0 Å². The number of fused-ring (bicyclic) bond motifs is 1. The van der Waals surface area contributed by atoms with Crippen LogP contribution in [-0.2, 0) is 16.5 Å². The molecule has 3 heterocycles. The van der Waals surface area contributed by atoms with Gasteiger partial charge in [0.2, 0.25) is 5.95 Å². The number of carbonyl (C=O) groups excluding carboxylic acids is 2. The minimum absolute atomic E-state index is 0.218. The second-order valence-electron chi connectivity index (χ2n) is 11.2. The zero-order chi connectivity index (χ0) is 27.1. The van der Waals surface area contributed by atoms with Gasteiger partial charge in [-0.25, -0.2) is 24.5 Å². The molecule has 0 spiro atoms. The second-order valence-corrected chi connectivity index (χ2v) is 11.2. The van der Waals surface area contributed by atoms with Crippen LogP contribution in [0.5, 0.6) is 0 Å². The number of rotatable bonds is 3. The standard InChI is InChI=1S/C26H35N7O4/c1-25(2,3)36-23(34)32-11-10-18(15-32)33(24(35)37-26(4,5)6)22-28-14-17-12-16(8-9-19(17)29-22)20-13-21(27)30-31(20)7/h8-9,12-14,18H,10-11,15H2,1-7H3,(H2,27,30). The zero-order valence-electron chi connectivity index (χ0n) is 22.5. The van der Waals surface area contributed by atoms with E-state index in [9.17, 15) is 9.59 Å². The predicted octanol–water partition coefficient (Wildman–Crippen LogP) is 4.36. The molecular weight excluding hydrogens is 474 g/mol. The maximum atomic E-state index is 13.3. The molecular formula is C26H35N7O4. The van der Waals surface area contributed by atoms with Crippen LogP contribution in [0.2, 0.25) is 0 Å². The third-order valence-corrected chi connectivity index (χ3v) is 5.75. The molecule has 0 radical (unpaired) electrons. The van der Waals surface area contributed by atoms with E-state index in [4.69, 9.17) is 20.2 Å². The van der Waals surface area contributed by atoms with E-state index in [-0.39, 0.29) is 18.5 Å². The van der Waals surface area contributed by atoms with Crippen molar-refractivity contribution >= 4 is 34.9 Å². The van der Waals surface area contributed by atoms with Crippen molar-refractivity contribution in [1.82, 2.24) is 24.6 Å². The van der Waals surface area contributed by atoms with Gasteiger partial charge < -0.3 is 20.1 Å². The summed E-state index contributed by atoms with van der Waals surface area (Å²) in [6.45, 7) is 11.6. The Balaban J connectivity index is 1.65. The van der Waals surface area contributed by atoms with E-state index >= 15 is 0 Å². The third-order valence-electron chi connectivity index (χ3n) is 5.75. The maximum Gasteiger partial charge on any atom is 0.417 e. The summed E-state index contributed by atoms with van der Waals surface area (Å²) in [5, 5.41) is 5.00. The maximum absolute atomic E-state index is 13.3. The highest BCUT2D eigenvalue weighted by molar-refractivity contribution is 5.89. The van der Waals surface area contributed by atoms with Crippen LogP contribution in [-0.4, -0.2) is 67.2 Å². The number of nitrogens with zero attached hydrogens (tertiary/aromatic N) is 6. The zero-order valence-corrected chi connectivity index (χ0v) is 22.5. The molecule has 0 aliphatic carbocycles. The van der Waals surface area contributed by atoms with Crippen LogP contribution in [0, 0.1) is 0 Å². The Hall–Kier alpha value is -3.89. The van der Waals surface area contributed by atoms with E-state index in [1.807, 2.05) is 46.0 Å². The van der Waals surface area contributed by atoms with E-state index in [1.165, 1.54) is 4.90 Å². The number of hydrogen-bond donors (Lipinski definition) is 1. The van der Waals surface area contributed by atoms with Gasteiger partial charge in [0.1, 0.15) is 17.0 Å². The Morgan fingerprint density at radius 3 is 2.41 bits per heavy atom. The van der Waals surface area contributed by atoms with Gasteiger partial charge in [0, 0.05) is 43.4 Å². The van der Waals surface area contributed by atoms with Crippen LogP contribution >= 0.6 is 0 Å². The molecule has 11 heteroatoms. The first-order chi connectivity index (χ1) is 17.2. The van der Waals surface area contributed by atoms with Gasteiger partial charge >= 0.3 is 12.2 Å². The van der Waals surface area contributed by atoms with Crippen molar-refractivity contribution in [3.05, 3.63) is 30.5 Å². The number of hydrogen-bond acceptors (Lipinski definition) is 8. The van der Waals surface area contributed by atoms with Gasteiger partial charge in [-0.05, 0) is 60.1 Å². The highest BCUT2D eigenvalue weighted by Gasteiger charge is 2.38. The molecule has 0 saturated carbocycles. The van der Waals surface area contributed by atoms with E-state index < -0.39 is 23.4 Å². The lowest BCUT2D eigenvalue weighted by Crippen LogP contribution is -2.46. The van der Waals surface area contributed by atoms with Gasteiger partial charge in [0.15, 0.2) is 0 Å². The molecule has 1 aliphatic rings. The fraction of sp³-hybridized carbons (Fsp3) is 0.500. The fourth-order valence-electron chi connectivity index (χ4n) is 4.21. The average molecular weight is 510 g/mol. The lowest BCUT2D eigenvalue weighted by Gasteiger charge is -2.30. The highest BCUT2D eigenvalue weighted by Crippen LogP contribution is 2.28. The monoisotopic (exact) mass is 509 g/mol. The van der Waals surface area contributed by atoms with Gasteiger partial charge in [-0.1, -0.05) is 6.07 Å². The van der Waals surface area contributed by atoms with Crippen molar-refractivity contribution in [2.75, 3.05) is 23.7 Å². The largest absolute Gasteiger partial charge is 0.444 e. The Bertz CT molecular complexity index is 1320. The highest BCUT2D eigenvalue weighted by atomic mass is 16.6. The Morgan fingerprint density at radius 1 is 1.08 bits per heavy atom. The molecule has 37 heavy (non-hydrogen) atoms. The summed E-state index contributed by atoms with van der Waals surface area (Å²) >= 11 is 0. The van der Waals surface area contributed by atoms with Gasteiger partial charge in [-0.15, -0.1) is 0 Å². The Morgan fingerprint density at radius 2 is 1.78 bits per heavy atom. The molecule has 2 N–H and O–H groups in total. The number of nitrogens with two attached hydrogens (primary N) is 1. The number of likely N-dealkylation sites (tertiary alicyclic amines) is 1. The summed E-state index contributed by atoms with van der Waals surface area (Å²) in [5.74, 6) is 0.657. The van der Waals surface area contributed by atoms with E-state index in [2.05, 4.69) is 10.1 Å². The molecule has 1 fully saturated rings. The summed E-state index contributed by atoms with van der Waals surface area (Å²) in [5.41, 5.74) is 6.97. The minimum atomic E-state index is -0.713. The molecule has 3 aromatic rings. The quantitative estimate of drug-likeness (QED) is 0.551. The summed E-state index contributed by atoms with van der Waals surface area (Å²) in [6.07, 6.45) is 1.24. The third kappa shape index (κ3) is 6.10. The first kappa shape index (κ1) is 26.2. The van der Waals surface area contributed by atoms with E-state index in [1.54, 1.807) is 42.6 Å². The van der Waals surface area contributed by atoms with Crippen molar-refractivity contribution < 1.29 is 19.1 Å². The number of aromatic nitrogens is 4. The van der Waals surface area contributed by atoms with E-state index in [0.717, 1.165) is 16.6 Å². The SMILES string of the molecule is Cn1nc(N)cc1-c1ccc2nc(N(C(=O)OC(C)(C)C)C3CCN(C(=O)OC(C)(C)C)C3)ncc2c1. The van der Waals surface area contributed by atoms with Crippen LogP contribution < -0.4 is 10.6 Å². The summed E-state index contributed by atoms with van der Waals surface area (Å²) < 4.78 is 12.9. The fourth-order valence-corrected chi connectivity index (χ4v) is 4.21. The molecule has 2 amide bonds. The summed E-state index contributed by atoms with van der Waals surface area (Å²) in [7, 11) is 1.83. The van der Waals surface area contributed by atoms with Gasteiger partial charge in [0.25, 0.3) is 0 Å². The number of ether oxygens (including phenoxy) is 2. The lowest BCUT2D eigenvalue weighted by atomic mass is 10.1. The summed E-state index contributed by atoms with van der Waals surface area (Å²) in [4.78, 5) is 38.2. The van der Waals surface area contributed by atoms with Crippen molar-refractivity contribution in [3.8, 4) is 11.3 Å². The smallest absolute Gasteiger partial charge is 0.417 e. The average Bonchev–Trinajstić information content (AvgIpc) is 3.37. The van der Waals surface area contributed by atoms with E-state index in [0.29, 0.717) is 24.3 Å². The predicted molar refractivity (Wildman–Crippen MR) is 141 cm³/mol. The summed E-state index contributed by atoms with van der Waals surface area (Å²) in [6, 6.07) is 7.18. The topological polar surface area (TPSA) is 129 Å². The van der Waals surface area contributed by atoms with Crippen LogP contribution in [0.15, 0.2) is 30.5 Å². The Kier molecular flexibility index (Phi) is 6.74. The number of nitrogen functional groups attached to an aromatic ring is 1. The minimum Gasteiger partial charge on any atom is -0.444 e. The van der Waals surface area contributed by atoms with Gasteiger partial charge in [-0.3, -0.25) is 4.68 Å². The Labute approximate surface area is 216 Å². The molecule has 1 atom stereocenters. The molecule has 198 valence electrons. The number of aryl methyl sites for hydroxylation is 1. The van der Waals surface area contributed by atoms with Gasteiger partial charge in [0.05, 0.1) is 17.3 Å². The number of carbonyl (C=O) groups is 2. The number of amides is 2. The van der Waals surface area contributed by atoms with Crippen molar-refractivity contribution in [2.24, 2.45) is 7.05 Å². The molecule has 11 nitrogen and oxygen atoms in total. The molecule has 4 rings (SSSR count). The van der Waals surface area contributed by atoms with Gasteiger partial charge in [-0.2, -0.15) is 5.10 Å².